The van der Waals surface area contributed by atoms with E-state index in [1.807, 2.05) is 12.1 Å². The number of halogens is 1. The number of aromatic nitrogens is 4. The number of fused-ring (bicyclic) bond motifs is 1. The Labute approximate surface area is 239 Å². The van der Waals surface area contributed by atoms with Crippen LogP contribution < -0.4 is 20.1 Å². The summed E-state index contributed by atoms with van der Waals surface area (Å²) in [5, 5.41) is 13.7. The van der Waals surface area contributed by atoms with E-state index in [0.29, 0.717) is 46.6 Å². The van der Waals surface area contributed by atoms with Gasteiger partial charge in [-0.1, -0.05) is 33.8 Å². The van der Waals surface area contributed by atoms with Crippen molar-refractivity contribution >= 4 is 34.1 Å². The number of rotatable bonds is 13. The lowest BCUT2D eigenvalue weighted by atomic mass is 9.96. The summed E-state index contributed by atoms with van der Waals surface area (Å²) in [5.74, 6) is 1.49. The lowest BCUT2D eigenvalue weighted by Crippen LogP contribution is -2.33. The van der Waals surface area contributed by atoms with Gasteiger partial charge in [-0.3, -0.25) is 9.89 Å². The minimum Gasteiger partial charge on any atom is -0.493 e. The second-order valence-corrected chi connectivity index (χ2v) is 11.0. The fraction of sp³-hybridized carbons (Fsp3) is 0.400. The molecule has 218 valence electrons. The number of hydrogen-bond acceptors (Lipinski definition) is 8. The summed E-state index contributed by atoms with van der Waals surface area (Å²) < 4.78 is 25.1. The molecule has 4 aromatic rings. The molecule has 0 aliphatic carbocycles. The molecule has 0 atom stereocenters. The lowest BCUT2D eigenvalue weighted by Gasteiger charge is -2.28. The zero-order valence-corrected chi connectivity index (χ0v) is 24.3. The average molecular weight is 564 g/mol. The van der Waals surface area contributed by atoms with Crippen molar-refractivity contribution in [2.24, 2.45) is 5.41 Å². The molecule has 0 unspecified atom stereocenters. The molecule has 0 aliphatic heterocycles. The maximum Gasteiger partial charge on any atom is 0.230 e. The Bertz CT molecular complexity index is 1470. The zero-order valence-electron chi connectivity index (χ0n) is 24.3. The number of carbonyl (C=O) groups is 1. The molecule has 4 rings (SSSR count). The Morgan fingerprint density at radius 2 is 1.95 bits per heavy atom. The third-order valence-corrected chi connectivity index (χ3v) is 6.28. The third-order valence-electron chi connectivity index (χ3n) is 6.28. The Kier molecular flexibility index (Phi) is 9.72. The normalized spacial score (nSPS) is 11.6. The number of H-pyrrole nitrogens is 1. The van der Waals surface area contributed by atoms with Crippen molar-refractivity contribution in [3.63, 3.8) is 0 Å². The van der Waals surface area contributed by atoms with E-state index in [1.54, 1.807) is 19.2 Å². The fourth-order valence-corrected chi connectivity index (χ4v) is 4.51. The number of anilines is 3. The van der Waals surface area contributed by atoms with Gasteiger partial charge < -0.3 is 25.0 Å². The first-order chi connectivity index (χ1) is 19.6. The van der Waals surface area contributed by atoms with E-state index >= 15 is 0 Å². The summed E-state index contributed by atoms with van der Waals surface area (Å²) in [5.41, 5.74) is 1.91. The van der Waals surface area contributed by atoms with Gasteiger partial charge in [-0.05, 0) is 42.6 Å². The maximum absolute atomic E-state index is 13.4. The molecule has 2 heterocycles. The van der Waals surface area contributed by atoms with Gasteiger partial charge in [-0.25, -0.2) is 14.4 Å². The first-order valence-corrected chi connectivity index (χ1v) is 13.7. The monoisotopic (exact) mass is 563 g/mol. The molecular formula is C30H38FN7O3. The molecule has 1 amide bonds. The molecule has 2 aromatic heterocycles. The molecular weight excluding hydrogens is 525 g/mol. The number of nitrogens with one attached hydrogen (secondary N) is 3. The standard InChI is InChI=1S/C30H38FN7O3/c1-6-38(18-30(2,3)4)11-8-12-41-26-17-24-23(16-25(26)40-5)29(33-19-32-24)35-27-14-22(36-37-27)15-28(39)34-21-10-7-9-20(31)13-21/h7,9-10,13-14,16-17,19H,6,8,11-12,15,18H2,1-5H3,(H,34,39)(H2,32,33,35,36,37). The van der Waals surface area contributed by atoms with Crippen LogP contribution in [-0.4, -0.2) is 64.3 Å². The smallest absolute Gasteiger partial charge is 0.230 e. The van der Waals surface area contributed by atoms with E-state index in [2.05, 4.69) is 63.4 Å². The number of aromatic amines is 1. The summed E-state index contributed by atoms with van der Waals surface area (Å²) in [6.07, 6.45) is 2.40. The van der Waals surface area contributed by atoms with Crippen LogP contribution in [-0.2, 0) is 11.2 Å². The number of benzene rings is 2. The van der Waals surface area contributed by atoms with Crippen LogP contribution in [0.2, 0.25) is 0 Å². The molecule has 2 aromatic carbocycles. The Morgan fingerprint density at radius 1 is 1.12 bits per heavy atom. The lowest BCUT2D eigenvalue weighted by molar-refractivity contribution is -0.115. The second-order valence-electron chi connectivity index (χ2n) is 11.0. The van der Waals surface area contributed by atoms with E-state index in [0.717, 1.165) is 31.4 Å². The van der Waals surface area contributed by atoms with E-state index < -0.39 is 5.82 Å². The van der Waals surface area contributed by atoms with Gasteiger partial charge in [-0.2, -0.15) is 5.10 Å². The molecule has 0 radical (unpaired) electrons. The number of nitrogens with zero attached hydrogens (tertiary/aromatic N) is 4. The Hall–Kier alpha value is -4.25. The topological polar surface area (TPSA) is 117 Å². The fourth-order valence-electron chi connectivity index (χ4n) is 4.51. The highest BCUT2D eigenvalue weighted by atomic mass is 19.1. The van der Waals surface area contributed by atoms with E-state index in [-0.39, 0.29) is 17.7 Å². The van der Waals surface area contributed by atoms with Gasteiger partial charge in [-0.15, -0.1) is 0 Å². The molecule has 0 aliphatic rings. The van der Waals surface area contributed by atoms with Crippen LogP contribution in [0.4, 0.5) is 21.7 Å². The van der Waals surface area contributed by atoms with Crippen molar-refractivity contribution in [1.82, 2.24) is 25.1 Å². The van der Waals surface area contributed by atoms with Crippen LogP contribution in [0.5, 0.6) is 11.5 Å². The Morgan fingerprint density at radius 3 is 2.68 bits per heavy atom. The summed E-state index contributed by atoms with van der Waals surface area (Å²) >= 11 is 0. The maximum atomic E-state index is 13.4. The van der Waals surface area contributed by atoms with Crippen molar-refractivity contribution in [1.29, 1.82) is 0 Å². The average Bonchev–Trinajstić information content (AvgIpc) is 3.35. The minimum absolute atomic E-state index is 0.0382. The van der Waals surface area contributed by atoms with Crippen LogP contribution in [0.15, 0.2) is 48.8 Å². The minimum atomic E-state index is -0.418. The van der Waals surface area contributed by atoms with Gasteiger partial charge >= 0.3 is 0 Å². The molecule has 0 saturated carbocycles. The van der Waals surface area contributed by atoms with Crippen molar-refractivity contribution in [2.75, 3.05) is 44.0 Å². The number of amides is 1. The van der Waals surface area contributed by atoms with Gasteiger partial charge in [0.2, 0.25) is 5.91 Å². The number of methoxy groups -OCH3 is 1. The summed E-state index contributed by atoms with van der Waals surface area (Å²) in [4.78, 5) is 23.6. The third kappa shape index (κ3) is 8.62. The molecule has 0 spiro atoms. The molecule has 3 N–H and O–H groups in total. The number of carbonyl (C=O) groups excluding carboxylic acids is 1. The summed E-state index contributed by atoms with van der Waals surface area (Å²) in [6, 6.07) is 11.1. The predicted octanol–water partition coefficient (Wildman–Crippen LogP) is 5.56. The molecule has 41 heavy (non-hydrogen) atoms. The van der Waals surface area contributed by atoms with Crippen LogP contribution in [0.1, 0.15) is 39.8 Å². The number of ether oxygens (including phenoxy) is 2. The molecule has 0 bridgehead atoms. The molecule has 10 nitrogen and oxygen atoms in total. The van der Waals surface area contributed by atoms with Crippen molar-refractivity contribution in [3.05, 3.63) is 60.3 Å². The van der Waals surface area contributed by atoms with Gasteiger partial charge in [0.1, 0.15) is 18.0 Å². The van der Waals surface area contributed by atoms with E-state index in [4.69, 9.17) is 9.47 Å². The predicted molar refractivity (Wildman–Crippen MR) is 158 cm³/mol. The van der Waals surface area contributed by atoms with Crippen LogP contribution in [0.3, 0.4) is 0 Å². The van der Waals surface area contributed by atoms with Gasteiger partial charge in [0.05, 0.1) is 25.7 Å². The number of hydrogen-bond donors (Lipinski definition) is 3. The molecule has 0 fully saturated rings. The van der Waals surface area contributed by atoms with Gasteiger partial charge in [0, 0.05) is 42.0 Å². The summed E-state index contributed by atoms with van der Waals surface area (Å²) in [6.45, 7) is 12.5. The van der Waals surface area contributed by atoms with Crippen LogP contribution in [0, 0.1) is 11.2 Å². The highest BCUT2D eigenvalue weighted by molar-refractivity contribution is 5.93. The van der Waals surface area contributed by atoms with Crippen molar-refractivity contribution in [2.45, 2.75) is 40.5 Å². The van der Waals surface area contributed by atoms with Gasteiger partial charge in [0.15, 0.2) is 17.3 Å². The highest BCUT2D eigenvalue weighted by Gasteiger charge is 2.16. The van der Waals surface area contributed by atoms with Crippen molar-refractivity contribution in [3.8, 4) is 11.5 Å². The van der Waals surface area contributed by atoms with E-state index in [1.165, 1.54) is 24.5 Å². The highest BCUT2D eigenvalue weighted by Crippen LogP contribution is 2.34. The van der Waals surface area contributed by atoms with Crippen molar-refractivity contribution < 1.29 is 18.7 Å². The molecule has 0 saturated heterocycles. The Balaban J connectivity index is 1.39. The summed E-state index contributed by atoms with van der Waals surface area (Å²) in [7, 11) is 1.60. The first kappa shape index (κ1) is 29.7. The van der Waals surface area contributed by atoms with Crippen LogP contribution >= 0.6 is 0 Å². The van der Waals surface area contributed by atoms with E-state index in [9.17, 15) is 9.18 Å². The largest absolute Gasteiger partial charge is 0.493 e. The van der Waals surface area contributed by atoms with Gasteiger partial charge in [0.25, 0.3) is 0 Å². The first-order valence-electron chi connectivity index (χ1n) is 13.7. The van der Waals surface area contributed by atoms with Crippen LogP contribution in [0.25, 0.3) is 10.9 Å². The zero-order chi connectivity index (χ0) is 29.4. The second kappa shape index (κ2) is 13.4. The quantitative estimate of drug-likeness (QED) is 0.181. The molecule has 11 heteroatoms. The SMILES string of the molecule is CCN(CCCOc1cc2ncnc(Nc3cc(CC(=O)Nc4cccc(F)c4)[nH]n3)c2cc1OC)CC(C)(C)C.